The molecule has 0 radical (unpaired) electrons. The fourth-order valence-electron chi connectivity index (χ4n) is 1.61. The summed E-state index contributed by atoms with van der Waals surface area (Å²) in [6, 6.07) is 5.83. The molecule has 6 nitrogen and oxygen atoms in total. The lowest BCUT2D eigenvalue weighted by Crippen LogP contribution is -2.47. The van der Waals surface area contributed by atoms with E-state index < -0.39 is 18.2 Å². The lowest BCUT2D eigenvalue weighted by molar-refractivity contribution is 0.129. The highest BCUT2D eigenvalue weighted by atomic mass is 35.5. The Morgan fingerprint density at radius 2 is 2.05 bits per heavy atom. The molecule has 0 saturated heterocycles. The Hall–Kier alpha value is -1.79. The van der Waals surface area contributed by atoms with E-state index in [4.69, 9.17) is 23.1 Å². The van der Waals surface area contributed by atoms with Crippen molar-refractivity contribution in [2.45, 2.75) is 12.5 Å². The van der Waals surface area contributed by atoms with Crippen LogP contribution in [0.5, 0.6) is 0 Å². The maximum Gasteiger partial charge on any atom is 0.417 e. The first-order valence-electron chi connectivity index (χ1n) is 5.59. The van der Waals surface area contributed by atoms with Crippen molar-refractivity contribution < 1.29 is 14.3 Å². The van der Waals surface area contributed by atoms with Gasteiger partial charge in [0.25, 0.3) is 0 Å². The summed E-state index contributed by atoms with van der Waals surface area (Å²) < 4.78 is 4.45. The molecule has 0 aliphatic carbocycles. The first-order valence-corrected chi connectivity index (χ1v) is 5.97. The Morgan fingerprint density at radius 3 is 2.58 bits per heavy atom. The highest BCUT2D eigenvalue weighted by molar-refractivity contribution is 6.31. The number of nitrogens with zero attached hydrogens (tertiary/aromatic N) is 1. The zero-order chi connectivity index (χ0) is 14.4. The second-order valence-corrected chi connectivity index (χ2v) is 4.38. The molecule has 104 valence electrons. The maximum atomic E-state index is 11.3. The summed E-state index contributed by atoms with van der Waals surface area (Å²) in [7, 11) is 1.16. The van der Waals surface area contributed by atoms with Crippen molar-refractivity contribution in [1.82, 2.24) is 4.90 Å². The summed E-state index contributed by atoms with van der Waals surface area (Å²) in [5.41, 5.74) is 11.8. The fraction of sp³-hybridized carbons (Fsp3) is 0.333. The van der Waals surface area contributed by atoms with E-state index in [1.54, 1.807) is 6.07 Å². The molecule has 0 spiro atoms. The monoisotopic (exact) mass is 285 g/mol. The average molecular weight is 286 g/mol. The van der Waals surface area contributed by atoms with E-state index >= 15 is 0 Å². The van der Waals surface area contributed by atoms with Crippen molar-refractivity contribution in [3.63, 3.8) is 0 Å². The number of methoxy groups -OCH3 is 1. The number of ether oxygens (including phenoxy) is 1. The van der Waals surface area contributed by atoms with Crippen molar-refractivity contribution in [3.05, 3.63) is 34.9 Å². The highest BCUT2D eigenvalue weighted by Crippen LogP contribution is 2.16. The Kier molecular flexibility index (Phi) is 5.59. The zero-order valence-corrected chi connectivity index (χ0v) is 11.3. The predicted octanol–water partition coefficient (Wildman–Crippen LogP) is 1.36. The molecule has 0 fully saturated rings. The van der Waals surface area contributed by atoms with Gasteiger partial charge in [-0.25, -0.2) is 14.5 Å². The molecule has 4 N–H and O–H groups in total. The number of carbonyl (C=O) groups is 2. The molecule has 0 aliphatic heterocycles. The third-order valence-corrected chi connectivity index (χ3v) is 2.89. The van der Waals surface area contributed by atoms with E-state index in [-0.39, 0.29) is 6.54 Å². The van der Waals surface area contributed by atoms with Crippen LogP contribution < -0.4 is 11.5 Å². The van der Waals surface area contributed by atoms with E-state index in [9.17, 15) is 9.59 Å². The molecule has 1 aromatic rings. The number of imide groups is 1. The Morgan fingerprint density at radius 1 is 1.42 bits per heavy atom. The van der Waals surface area contributed by atoms with Crippen LogP contribution in [0.15, 0.2) is 24.3 Å². The van der Waals surface area contributed by atoms with Gasteiger partial charge in [0.1, 0.15) is 0 Å². The van der Waals surface area contributed by atoms with Gasteiger partial charge in [0.2, 0.25) is 0 Å². The lowest BCUT2D eigenvalue weighted by Gasteiger charge is -2.21. The van der Waals surface area contributed by atoms with Gasteiger partial charge in [0.15, 0.2) is 0 Å². The molecule has 0 unspecified atom stereocenters. The van der Waals surface area contributed by atoms with Gasteiger partial charge in [-0.15, -0.1) is 0 Å². The van der Waals surface area contributed by atoms with Crippen LogP contribution in [-0.4, -0.2) is 36.7 Å². The smallest absolute Gasteiger partial charge is 0.417 e. The summed E-state index contributed by atoms with van der Waals surface area (Å²) in [5.74, 6) is 0. The number of carbonyl (C=O) groups excluding carboxylic acids is 2. The van der Waals surface area contributed by atoms with E-state index in [1.807, 2.05) is 18.2 Å². The first-order chi connectivity index (χ1) is 8.95. The van der Waals surface area contributed by atoms with Gasteiger partial charge >= 0.3 is 12.1 Å². The SMILES string of the molecule is COC(=O)N(C[C@H](N)Cc1ccccc1Cl)C(N)=O. The summed E-state index contributed by atoms with van der Waals surface area (Å²) in [4.78, 5) is 23.2. The van der Waals surface area contributed by atoms with Gasteiger partial charge in [-0.1, -0.05) is 29.8 Å². The van der Waals surface area contributed by atoms with Crippen molar-refractivity contribution in [1.29, 1.82) is 0 Å². The molecular weight excluding hydrogens is 270 g/mol. The minimum atomic E-state index is -0.901. The number of rotatable bonds is 4. The molecule has 0 aromatic heterocycles. The number of amides is 3. The molecule has 19 heavy (non-hydrogen) atoms. The molecule has 7 heteroatoms. The molecule has 3 amide bonds. The number of primary amides is 1. The zero-order valence-electron chi connectivity index (χ0n) is 10.5. The summed E-state index contributed by atoms with van der Waals surface area (Å²) >= 11 is 6.00. The van der Waals surface area contributed by atoms with Gasteiger partial charge in [-0.3, -0.25) is 0 Å². The minimum absolute atomic E-state index is 0.0345. The topological polar surface area (TPSA) is 98.7 Å². The van der Waals surface area contributed by atoms with Crippen LogP contribution in [-0.2, 0) is 11.2 Å². The van der Waals surface area contributed by atoms with Crippen LogP contribution in [0.1, 0.15) is 5.56 Å². The van der Waals surface area contributed by atoms with E-state index in [0.29, 0.717) is 11.4 Å². The van der Waals surface area contributed by atoms with E-state index in [1.165, 1.54) is 0 Å². The van der Waals surface area contributed by atoms with Crippen molar-refractivity contribution >= 4 is 23.7 Å². The predicted molar refractivity (Wildman–Crippen MR) is 71.8 cm³/mol. The molecular formula is C12H16ClN3O3. The summed E-state index contributed by atoms with van der Waals surface area (Å²) in [6.07, 6.45) is -0.414. The second kappa shape index (κ2) is 6.96. The number of halogens is 1. The molecule has 1 atom stereocenters. The van der Waals surface area contributed by atoms with Crippen LogP contribution in [0, 0.1) is 0 Å². The number of nitrogens with two attached hydrogens (primary N) is 2. The number of hydrogen-bond donors (Lipinski definition) is 2. The molecule has 1 aromatic carbocycles. The van der Waals surface area contributed by atoms with Gasteiger partial charge in [0, 0.05) is 17.6 Å². The number of urea groups is 1. The van der Waals surface area contributed by atoms with E-state index in [2.05, 4.69) is 4.74 Å². The quantitative estimate of drug-likeness (QED) is 0.872. The van der Waals surface area contributed by atoms with Crippen molar-refractivity contribution in [3.8, 4) is 0 Å². The second-order valence-electron chi connectivity index (χ2n) is 3.97. The Balaban J connectivity index is 2.68. The standard InChI is InChI=1S/C12H16ClN3O3/c1-19-12(18)16(11(15)17)7-9(14)6-8-4-2-3-5-10(8)13/h2-5,9H,6-7,14H2,1H3,(H2,15,17)/t9-/m1/s1. The maximum absolute atomic E-state index is 11.3. The van der Waals surface area contributed by atoms with Gasteiger partial charge < -0.3 is 16.2 Å². The lowest BCUT2D eigenvalue weighted by atomic mass is 10.1. The van der Waals surface area contributed by atoms with Crippen LogP contribution in [0.2, 0.25) is 5.02 Å². The van der Waals surface area contributed by atoms with E-state index in [0.717, 1.165) is 17.6 Å². The van der Waals surface area contributed by atoms with Gasteiger partial charge in [-0.2, -0.15) is 0 Å². The molecule has 0 heterocycles. The van der Waals surface area contributed by atoms with Gasteiger partial charge in [-0.05, 0) is 18.1 Å². The Bertz CT molecular complexity index is 467. The molecule has 1 rings (SSSR count). The van der Waals surface area contributed by atoms with Crippen LogP contribution in [0.25, 0.3) is 0 Å². The molecule has 0 bridgehead atoms. The molecule has 0 aliphatic rings. The van der Waals surface area contributed by atoms with Crippen LogP contribution in [0.3, 0.4) is 0 Å². The largest absolute Gasteiger partial charge is 0.452 e. The van der Waals surface area contributed by atoms with Crippen LogP contribution >= 0.6 is 11.6 Å². The highest BCUT2D eigenvalue weighted by Gasteiger charge is 2.22. The van der Waals surface area contributed by atoms with Crippen LogP contribution in [0.4, 0.5) is 9.59 Å². The minimum Gasteiger partial charge on any atom is -0.452 e. The first kappa shape index (κ1) is 15.3. The van der Waals surface area contributed by atoms with Crippen molar-refractivity contribution in [2.75, 3.05) is 13.7 Å². The normalized spacial score (nSPS) is 11.7. The average Bonchev–Trinajstić information content (AvgIpc) is 2.37. The third kappa shape index (κ3) is 4.42. The summed E-state index contributed by atoms with van der Waals surface area (Å²) in [5, 5.41) is 0.585. The van der Waals surface area contributed by atoms with Gasteiger partial charge in [0.05, 0.1) is 7.11 Å². The Labute approximate surface area is 116 Å². The summed E-state index contributed by atoms with van der Waals surface area (Å²) in [6.45, 7) is -0.0345. The third-order valence-electron chi connectivity index (χ3n) is 2.52. The van der Waals surface area contributed by atoms with Crippen molar-refractivity contribution in [2.24, 2.45) is 11.5 Å². The number of benzene rings is 1. The fourth-order valence-corrected chi connectivity index (χ4v) is 1.82. The molecule has 0 saturated carbocycles. The number of hydrogen-bond acceptors (Lipinski definition) is 4.